The summed E-state index contributed by atoms with van der Waals surface area (Å²) in [6.45, 7) is 4.23. The molecular formula is C23H28N6OS2. The molecule has 0 radical (unpaired) electrons. The first kappa shape index (κ1) is 21.5. The monoisotopic (exact) mass is 468 g/mol. The van der Waals surface area contributed by atoms with Crippen LogP contribution in [0.25, 0.3) is 11.3 Å². The van der Waals surface area contributed by atoms with Gasteiger partial charge in [0, 0.05) is 30.1 Å². The van der Waals surface area contributed by atoms with Gasteiger partial charge in [-0.15, -0.1) is 21.5 Å². The molecule has 2 fully saturated rings. The molecule has 1 aliphatic heterocycles. The van der Waals surface area contributed by atoms with E-state index in [0.29, 0.717) is 16.9 Å². The number of hydrogen-bond donors (Lipinski definition) is 1. The van der Waals surface area contributed by atoms with E-state index in [0.717, 1.165) is 41.9 Å². The second kappa shape index (κ2) is 9.62. The number of anilines is 2. The van der Waals surface area contributed by atoms with Gasteiger partial charge in [-0.2, -0.15) is 0 Å². The molecule has 0 atom stereocenters. The van der Waals surface area contributed by atoms with Gasteiger partial charge in [-0.05, 0) is 44.1 Å². The van der Waals surface area contributed by atoms with Gasteiger partial charge >= 0.3 is 0 Å². The van der Waals surface area contributed by atoms with Crippen LogP contribution in [0.2, 0.25) is 0 Å². The normalized spacial score (nSPS) is 16.3. The van der Waals surface area contributed by atoms with E-state index in [9.17, 15) is 4.79 Å². The summed E-state index contributed by atoms with van der Waals surface area (Å²) in [5.74, 6) is 1.21. The number of piperidine rings is 1. The lowest BCUT2D eigenvalue weighted by atomic mass is 10.1. The van der Waals surface area contributed by atoms with E-state index in [1.165, 1.54) is 60.8 Å². The number of carbonyl (C=O) groups is 1. The number of rotatable bonds is 8. The van der Waals surface area contributed by atoms with Crippen LogP contribution in [0.5, 0.6) is 0 Å². The summed E-state index contributed by atoms with van der Waals surface area (Å²) in [7, 11) is 0. The van der Waals surface area contributed by atoms with Gasteiger partial charge < -0.3 is 10.2 Å². The third-order valence-electron chi connectivity index (χ3n) is 5.94. The SMILES string of the molecule is CCc1ccc(-c2csc(NC(=O)CSc3nnc(N4CCCCC4)n3C3CC3)n2)cc1. The van der Waals surface area contributed by atoms with Crippen molar-refractivity contribution in [3.8, 4) is 11.3 Å². The fourth-order valence-corrected chi connectivity index (χ4v) is 5.53. The predicted molar refractivity (Wildman–Crippen MR) is 131 cm³/mol. The van der Waals surface area contributed by atoms with Gasteiger partial charge in [0.15, 0.2) is 10.3 Å². The van der Waals surface area contributed by atoms with Crippen LogP contribution in [0.3, 0.4) is 0 Å². The van der Waals surface area contributed by atoms with Crippen LogP contribution in [0.4, 0.5) is 11.1 Å². The zero-order valence-electron chi connectivity index (χ0n) is 18.3. The Morgan fingerprint density at radius 3 is 2.66 bits per heavy atom. The number of thiazole rings is 1. The van der Waals surface area contributed by atoms with Gasteiger partial charge in [-0.25, -0.2) is 4.98 Å². The molecule has 1 aliphatic carbocycles. The molecule has 1 N–H and O–H groups in total. The lowest BCUT2D eigenvalue weighted by Gasteiger charge is -2.27. The lowest BCUT2D eigenvalue weighted by Crippen LogP contribution is -2.32. The van der Waals surface area contributed by atoms with Crippen LogP contribution in [0, 0.1) is 0 Å². The molecule has 1 amide bonds. The fourth-order valence-electron chi connectivity index (χ4n) is 3.99. The summed E-state index contributed by atoms with van der Waals surface area (Å²) in [5, 5.41) is 15.3. The molecule has 2 aliphatic rings. The molecule has 0 bridgehead atoms. The Labute approximate surface area is 196 Å². The van der Waals surface area contributed by atoms with Crippen LogP contribution in [0.15, 0.2) is 34.8 Å². The Bertz CT molecular complexity index is 1070. The first-order chi connectivity index (χ1) is 15.7. The van der Waals surface area contributed by atoms with Crippen molar-refractivity contribution in [3.63, 3.8) is 0 Å². The van der Waals surface area contributed by atoms with Crippen molar-refractivity contribution in [2.24, 2.45) is 0 Å². The number of aromatic nitrogens is 4. The summed E-state index contributed by atoms with van der Waals surface area (Å²) >= 11 is 2.92. The average Bonchev–Trinajstić information content (AvgIpc) is 3.41. The highest BCUT2D eigenvalue weighted by atomic mass is 32.2. The van der Waals surface area contributed by atoms with Gasteiger partial charge in [-0.3, -0.25) is 9.36 Å². The molecule has 32 heavy (non-hydrogen) atoms. The standard InChI is InChI=1S/C23H28N6OS2/c1-2-16-6-8-17(9-7-16)19-14-31-21(24-19)25-20(30)15-32-23-27-26-22(29(23)18-10-11-18)28-12-4-3-5-13-28/h6-9,14,18H,2-5,10-13,15H2,1H3,(H,24,25,30). The largest absolute Gasteiger partial charge is 0.341 e. The minimum Gasteiger partial charge on any atom is -0.341 e. The molecule has 0 unspecified atom stereocenters. The van der Waals surface area contributed by atoms with Crippen molar-refractivity contribution >= 4 is 40.1 Å². The Morgan fingerprint density at radius 1 is 1.16 bits per heavy atom. The average molecular weight is 469 g/mol. The third kappa shape index (κ3) is 4.83. The number of hydrogen-bond acceptors (Lipinski definition) is 7. The summed E-state index contributed by atoms with van der Waals surface area (Å²) in [4.78, 5) is 19.5. The highest BCUT2D eigenvalue weighted by Crippen LogP contribution is 2.41. The van der Waals surface area contributed by atoms with Crippen molar-refractivity contribution in [1.82, 2.24) is 19.7 Å². The molecule has 3 aromatic rings. The molecule has 1 aromatic carbocycles. The number of thioether (sulfide) groups is 1. The quantitative estimate of drug-likeness (QED) is 0.468. The number of amides is 1. The van der Waals surface area contributed by atoms with Crippen LogP contribution >= 0.6 is 23.1 Å². The van der Waals surface area contributed by atoms with Crippen LogP contribution in [-0.4, -0.2) is 44.5 Å². The van der Waals surface area contributed by atoms with Crippen molar-refractivity contribution in [3.05, 3.63) is 35.2 Å². The maximum absolute atomic E-state index is 12.6. The molecule has 0 spiro atoms. The molecule has 2 aromatic heterocycles. The Kier molecular flexibility index (Phi) is 6.45. The van der Waals surface area contributed by atoms with E-state index in [4.69, 9.17) is 0 Å². The van der Waals surface area contributed by atoms with E-state index in [2.05, 4.69) is 61.2 Å². The number of benzene rings is 1. The second-order valence-corrected chi connectivity index (χ2v) is 10.2. The summed E-state index contributed by atoms with van der Waals surface area (Å²) < 4.78 is 2.25. The smallest absolute Gasteiger partial charge is 0.236 e. The van der Waals surface area contributed by atoms with Crippen molar-refractivity contribution in [1.29, 1.82) is 0 Å². The van der Waals surface area contributed by atoms with Gasteiger partial charge in [0.25, 0.3) is 0 Å². The molecule has 3 heterocycles. The zero-order chi connectivity index (χ0) is 21.9. The summed E-state index contributed by atoms with van der Waals surface area (Å²) in [5.41, 5.74) is 3.26. The topological polar surface area (TPSA) is 75.9 Å². The van der Waals surface area contributed by atoms with E-state index in [1.54, 1.807) is 0 Å². The lowest BCUT2D eigenvalue weighted by molar-refractivity contribution is -0.113. The molecule has 7 nitrogen and oxygen atoms in total. The molecule has 5 rings (SSSR count). The number of nitrogens with one attached hydrogen (secondary N) is 1. The number of aryl methyl sites for hydroxylation is 1. The molecule has 1 saturated carbocycles. The van der Waals surface area contributed by atoms with Crippen LogP contribution in [-0.2, 0) is 11.2 Å². The van der Waals surface area contributed by atoms with Gasteiger partial charge in [0.2, 0.25) is 11.9 Å². The van der Waals surface area contributed by atoms with Crippen molar-refractivity contribution in [2.45, 2.75) is 56.6 Å². The zero-order valence-corrected chi connectivity index (χ0v) is 19.9. The molecule has 168 valence electrons. The maximum Gasteiger partial charge on any atom is 0.236 e. The van der Waals surface area contributed by atoms with E-state index in [1.807, 2.05) is 5.38 Å². The van der Waals surface area contributed by atoms with Crippen LogP contribution in [0.1, 0.15) is 50.6 Å². The third-order valence-corrected chi connectivity index (χ3v) is 7.64. The fraction of sp³-hybridized carbons (Fsp3) is 0.478. The van der Waals surface area contributed by atoms with Gasteiger partial charge in [0.05, 0.1) is 11.4 Å². The predicted octanol–water partition coefficient (Wildman–Crippen LogP) is 5.02. The van der Waals surface area contributed by atoms with E-state index in [-0.39, 0.29) is 5.91 Å². The second-order valence-electron chi connectivity index (χ2n) is 8.36. The Hall–Kier alpha value is -2.39. The molecular weight excluding hydrogens is 440 g/mol. The number of nitrogens with zero attached hydrogens (tertiary/aromatic N) is 5. The van der Waals surface area contributed by atoms with Crippen LogP contribution < -0.4 is 10.2 Å². The summed E-state index contributed by atoms with van der Waals surface area (Å²) in [6.07, 6.45) is 7.06. The molecule has 1 saturated heterocycles. The van der Waals surface area contributed by atoms with Crippen molar-refractivity contribution in [2.75, 3.05) is 29.1 Å². The maximum atomic E-state index is 12.6. The van der Waals surface area contributed by atoms with Crippen molar-refractivity contribution < 1.29 is 4.79 Å². The Morgan fingerprint density at radius 2 is 1.94 bits per heavy atom. The Balaban J connectivity index is 1.20. The van der Waals surface area contributed by atoms with Gasteiger partial charge in [-0.1, -0.05) is 43.0 Å². The minimum atomic E-state index is -0.0675. The summed E-state index contributed by atoms with van der Waals surface area (Å²) in [6, 6.07) is 8.89. The highest BCUT2D eigenvalue weighted by Gasteiger charge is 2.32. The number of carbonyl (C=O) groups excluding carboxylic acids is 1. The van der Waals surface area contributed by atoms with Gasteiger partial charge in [0.1, 0.15) is 0 Å². The first-order valence-corrected chi connectivity index (χ1v) is 13.2. The minimum absolute atomic E-state index is 0.0675. The first-order valence-electron chi connectivity index (χ1n) is 11.4. The molecule has 9 heteroatoms. The van der Waals surface area contributed by atoms with E-state index < -0.39 is 0 Å². The highest BCUT2D eigenvalue weighted by molar-refractivity contribution is 7.99. The van der Waals surface area contributed by atoms with E-state index >= 15 is 0 Å².